The molecule has 0 N–H and O–H groups in total. The lowest BCUT2D eigenvalue weighted by Crippen LogP contribution is -2.61. The molecule has 15 rings (SSSR count). The van der Waals surface area contributed by atoms with Gasteiger partial charge >= 0.3 is 0 Å². The normalized spacial score (nSPS) is 12.9. The van der Waals surface area contributed by atoms with Gasteiger partial charge in [-0.1, -0.05) is 293 Å². The van der Waals surface area contributed by atoms with Gasteiger partial charge in [-0.15, -0.1) is 0 Å². The van der Waals surface area contributed by atoms with E-state index in [2.05, 4.69) is 351 Å². The highest BCUT2D eigenvalue weighted by atomic mass is 15.2. The first-order valence-electron chi connectivity index (χ1n) is 31.7. The second-order valence-corrected chi connectivity index (χ2v) is 27.7. The van der Waals surface area contributed by atoms with Crippen molar-refractivity contribution < 1.29 is 0 Å². The molecule has 0 bridgehead atoms. The number of nitrogens with zero attached hydrogens (tertiary/aromatic N) is 2. The van der Waals surface area contributed by atoms with E-state index < -0.39 is 0 Å². The van der Waals surface area contributed by atoms with Crippen LogP contribution in [0.15, 0.2) is 279 Å². The molecular weight excluding hydrogens is 1070 g/mol. The molecule has 0 fully saturated rings. The van der Waals surface area contributed by atoms with Gasteiger partial charge in [0.1, 0.15) is 0 Å². The van der Waals surface area contributed by atoms with Gasteiger partial charge in [0.2, 0.25) is 0 Å². The van der Waals surface area contributed by atoms with Crippen molar-refractivity contribution in [1.29, 1.82) is 0 Å². The van der Waals surface area contributed by atoms with Crippen LogP contribution in [0.5, 0.6) is 0 Å². The smallest absolute Gasteiger partial charge is 0.252 e. The lowest BCUT2D eigenvalue weighted by molar-refractivity contribution is 0.590. The lowest BCUT2D eigenvalue weighted by atomic mass is 9.33. The second-order valence-electron chi connectivity index (χ2n) is 27.7. The first-order chi connectivity index (χ1) is 43.1. The van der Waals surface area contributed by atoms with Crippen molar-refractivity contribution in [3.63, 3.8) is 0 Å². The zero-order valence-electron chi connectivity index (χ0n) is 52.5. The molecule has 0 unspecified atom stereocenters. The molecule has 13 aromatic rings. The number of hydrogen-bond donors (Lipinski definition) is 0. The number of rotatable bonds is 8. The van der Waals surface area contributed by atoms with E-state index >= 15 is 0 Å². The fourth-order valence-corrected chi connectivity index (χ4v) is 14.3. The summed E-state index contributed by atoms with van der Waals surface area (Å²) in [5.41, 5.74) is 28.6. The maximum atomic E-state index is 2.70. The zero-order chi connectivity index (χ0) is 60.9. The van der Waals surface area contributed by atoms with Crippen LogP contribution < -0.4 is 26.2 Å². The van der Waals surface area contributed by atoms with E-state index in [0.717, 1.165) is 5.69 Å². The van der Waals surface area contributed by atoms with Crippen molar-refractivity contribution in [3.8, 4) is 66.8 Å². The van der Waals surface area contributed by atoms with Gasteiger partial charge in [0.05, 0.1) is 11.4 Å². The largest absolute Gasteiger partial charge is 0.311 e. The molecule has 0 aliphatic carbocycles. The third kappa shape index (κ3) is 9.58. The number of anilines is 6. The van der Waals surface area contributed by atoms with Gasteiger partial charge in [0.25, 0.3) is 6.71 Å². The van der Waals surface area contributed by atoms with Gasteiger partial charge in [-0.25, -0.2) is 0 Å². The van der Waals surface area contributed by atoms with Gasteiger partial charge in [0, 0.05) is 39.4 Å². The standard InChI is InChI=1S/C86H73BN2/c1-84(2,3)63-45-48-75(70(51-63)57-31-17-11-18-32-57)88-76-50-62(81-68-41-27-25-39-66(68)80(60-37-23-14-24-38-60)67-40-26-28-42-69(67)81)44-47-73(76)87-74-46-43-61(56-29-15-10-16-30-56)49-77(74)89(79-55-65(86(7,8)9)54-78(88)82(79)87)83-71(58-33-19-12-20-34-58)52-64(85(4,5)6)53-72(83)59-35-21-13-22-36-59/h10-55H,1-9H3. The predicted molar refractivity (Wildman–Crippen MR) is 384 cm³/mol. The number of fused-ring (bicyclic) bond motifs is 6. The average Bonchev–Trinajstić information content (AvgIpc) is 0.700. The third-order valence-corrected chi connectivity index (χ3v) is 18.9. The van der Waals surface area contributed by atoms with Crippen LogP contribution in [0.2, 0.25) is 0 Å². The maximum absolute atomic E-state index is 2.70. The highest BCUT2D eigenvalue weighted by Crippen LogP contribution is 2.54. The molecule has 2 aliphatic rings. The summed E-state index contributed by atoms with van der Waals surface area (Å²) in [5, 5.41) is 4.95. The minimum atomic E-state index is -0.260. The highest BCUT2D eigenvalue weighted by molar-refractivity contribution is 7.00. The van der Waals surface area contributed by atoms with E-state index in [4.69, 9.17) is 0 Å². The van der Waals surface area contributed by atoms with Crippen molar-refractivity contribution >= 4 is 78.8 Å². The molecule has 2 aliphatic heterocycles. The van der Waals surface area contributed by atoms with E-state index in [-0.39, 0.29) is 23.0 Å². The Labute approximate surface area is 526 Å². The van der Waals surface area contributed by atoms with Gasteiger partial charge in [-0.2, -0.15) is 0 Å². The topological polar surface area (TPSA) is 6.48 Å². The first-order valence-corrected chi connectivity index (χ1v) is 31.7. The quantitative estimate of drug-likeness (QED) is 0.111. The van der Waals surface area contributed by atoms with Crippen molar-refractivity contribution in [2.45, 2.75) is 78.6 Å². The molecule has 0 radical (unpaired) electrons. The van der Waals surface area contributed by atoms with Crippen molar-refractivity contribution in [2.75, 3.05) is 9.80 Å². The summed E-state index contributed by atoms with van der Waals surface area (Å²) in [6.07, 6.45) is 0. The third-order valence-electron chi connectivity index (χ3n) is 18.9. The fourth-order valence-electron chi connectivity index (χ4n) is 14.3. The molecule has 13 aromatic carbocycles. The minimum absolute atomic E-state index is 0.0995. The highest BCUT2D eigenvalue weighted by Gasteiger charge is 2.46. The molecule has 0 aromatic heterocycles. The molecule has 0 spiro atoms. The number of hydrogen-bond acceptors (Lipinski definition) is 2. The number of benzene rings is 13. The summed E-state index contributed by atoms with van der Waals surface area (Å²) in [6.45, 7) is 21.1. The average molecular weight is 1150 g/mol. The Morgan fingerprint density at radius 1 is 0.247 bits per heavy atom. The Morgan fingerprint density at radius 3 is 1.08 bits per heavy atom. The van der Waals surface area contributed by atoms with E-state index in [0.29, 0.717) is 0 Å². The van der Waals surface area contributed by atoms with E-state index in [1.807, 2.05) is 0 Å². The van der Waals surface area contributed by atoms with Gasteiger partial charge < -0.3 is 9.80 Å². The van der Waals surface area contributed by atoms with Gasteiger partial charge in [-0.05, 0) is 169 Å². The Bertz CT molecular complexity index is 4760. The summed E-state index contributed by atoms with van der Waals surface area (Å²) in [5.74, 6) is 0. The van der Waals surface area contributed by atoms with Crippen LogP contribution in [0.4, 0.5) is 34.1 Å². The van der Waals surface area contributed by atoms with Crippen LogP contribution >= 0.6 is 0 Å². The summed E-state index contributed by atoms with van der Waals surface area (Å²) in [6, 6.07) is 106. The monoisotopic (exact) mass is 1140 g/mol. The van der Waals surface area contributed by atoms with Crippen LogP contribution in [0, 0.1) is 0 Å². The summed E-state index contributed by atoms with van der Waals surface area (Å²) >= 11 is 0. The van der Waals surface area contributed by atoms with Crippen molar-refractivity contribution in [3.05, 3.63) is 296 Å². The Hall–Kier alpha value is -9.96. The fraction of sp³-hybridized carbons (Fsp3) is 0.140. The van der Waals surface area contributed by atoms with Crippen LogP contribution in [0.25, 0.3) is 88.3 Å². The maximum Gasteiger partial charge on any atom is 0.252 e. The molecular formula is C86H73BN2. The molecule has 89 heavy (non-hydrogen) atoms. The van der Waals surface area contributed by atoms with Crippen molar-refractivity contribution in [1.82, 2.24) is 0 Å². The molecule has 2 heterocycles. The molecule has 0 atom stereocenters. The van der Waals surface area contributed by atoms with Crippen LogP contribution in [-0.2, 0) is 16.2 Å². The molecule has 2 nitrogen and oxygen atoms in total. The molecule has 0 saturated heterocycles. The lowest BCUT2D eigenvalue weighted by Gasteiger charge is -2.46. The zero-order valence-corrected chi connectivity index (χ0v) is 52.5. The molecule has 0 saturated carbocycles. The first kappa shape index (κ1) is 55.6. The van der Waals surface area contributed by atoms with Gasteiger partial charge in [-0.3, -0.25) is 0 Å². The van der Waals surface area contributed by atoms with Crippen molar-refractivity contribution in [2.24, 2.45) is 0 Å². The van der Waals surface area contributed by atoms with Crippen LogP contribution in [-0.4, -0.2) is 6.71 Å². The summed E-state index contributed by atoms with van der Waals surface area (Å²) in [4.78, 5) is 5.38. The van der Waals surface area contributed by atoms with E-state index in [1.165, 1.54) is 150 Å². The van der Waals surface area contributed by atoms with Crippen LogP contribution in [0.3, 0.4) is 0 Å². The van der Waals surface area contributed by atoms with Crippen LogP contribution in [0.1, 0.15) is 79.0 Å². The predicted octanol–water partition coefficient (Wildman–Crippen LogP) is 22.0. The minimum Gasteiger partial charge on any atom is -0.311 e. The SMILES string of the molecule is CC(C)(C)c1ccc(N2c3cc(-c4c5ccccc5c(-c5ccccc5)c5ccccc45)ccc3B3c4ccc(-c5ccccc5)cc4N(c4c(-c5ccccc5)cc(C(C)(C)C)cc4-c4ccccc4)c4cc(C(C)(C)C)cc2c43)c(-c2ccccc2)c1. The van der Waals surface area contributed by atoms with E-state index in [9.17, 15) is 0 Å². The van der Waals surface area contributed by atoms with E-state index in [1.54, 1.807) is 0 Å². The Balaban J connectivity index is 1.11. The van der Waals surface area contributed by atoms with Gasteiger partial charge in [0.15, 0.2) is 0 Å². The summed E-state index contributed by atoms with van der Waals surface area (Å²) < 4.78 is 0. The Kier molecular flexibility index (Phi) is 13.4. The molecule has 3 heteroatoms. The summed E-state index contributed by atoms with van der Waals surface area (Å²) in [7, 11) is 0. The molecule has 0 amide bonds. The second kappa shape index (κ2) is 21.4. The molecule has 430 valence electrons. The Morgan fingerprint density at radius 2 is 0.607 bits per heavy atom.